The summed E-state index contributed by atoms with van der Waals surface area (Å²) in [6.07, 6.45) is 2.89. The highest BCUT2D eigenvalue weighted by Crippen LogP contribution is 2.29. The third kappa shape index (κ3) is 9.29. The van der Waals surface area contributed by atoms with Crippen LogP contribution in [0.15, 0.2) is 85.1 Å². The number of para-hydroxylation sites is 1. The first-order valence-corrected chi connectivity index (χ1v) is 13.1. The van der Waals surface area contributed by atoms with Crippen LogP contribution >= 0.6 is 0 Å². The van der Waals surface area contributed by atoms with Crippen molar-refractivity contribution in [2.24, 2.45) is 0 Å². The second kappa shape index (κ2) is 15.5. The molecule has 41 heavy (non-hydrogen) atoms. The Bertz CT molecular complexity index is 1450. The lowest BCUT2D eigenvalue weighted by Crippen LogP contribution is -2.36. The zero-order chi connectivity index (χ0) is 29.6. The fourth-order valence-electron chi connectivity index (χ4n) is 3.86. The van der Waals surface area contributed by atoms with Crippen LogP contribution in [0.1, 0.15) is 13.8 Å². The molecule has 3 N–H and O–H groups in total. The average Bonchev–Trinajstić information content (AvgIpc) is 3.38. The predicted molar refractivity (Wildman–Crippen MR) is 155 cm³/mol. The van der Waals surface area contributed by atoms with E-state index in [4.69, 9.17) is 20.0 Å². The summed E-state index contributed by atoms with van der Waals surface area (Å²) in [5, 5.41) is 24.3. The van der Waals surface area contributed by atoms with Crippen LogP contribution in [0.25, 0.3) is 28.0 Å². The molecule has 0 aliphatic heterocycles. The number of pyridine rings is 1. The predicted octanol–water partition coefficient (Wildman–Crippen LogP) is 3.64. The van der Waals surface area contributed by atoms with E-state index in [-0.39, 0.29) is 12.5 Å². The zero-order valence-corrected chi connectivity index (χ0v) is 22.9. The molecule has 0 aliphatic rings. The van der Waals surface area contributed by atoms with Gasteiger partial charge >= 0.3 is 11.9 Å². The van der Waals surface area contributed by atoms with Gasteiger partial charge in [0.05, 0.1) is 5.69 Å². The van der Waals surface area contributed by atoms with Gasteiger partial charge in [-0.25, -0.2) is 19.3 Å². The first-order chi connectivity index (χ1) is 19.8. The number of aromatic nitrogens is 3. The van der Waals surface area contributed by atoms with E-state index in [1.807, 2.05) is 71.4 Å². The van der Waals surface area contributed by atoms with Crippen LogP contribution in [-0.2, 0) is 14.4 Å². The monoisotopic (exact) mass is 559 g/mol. The smallest absolute Gasteiger partial charge is 0.328 e. The number of benzene rings is 2. The Morgan fingerprint density at radius 3 is 2.20 bits per heavy atom. The number of carbonyl (C=O) groups excluding carboxylic acids is 1. The van der Waals surface area contributed by atoms with E-state index in [0.717, 1.165) is 47.6 Å². The quantitative estimate of drug-likeness (QED) is 0.221. The van der Waals surface area contributed by atoms with Gasteiger partial charge in [0.25, 0.3) is 5.91 Å². The van der Waals surface area contributed by atoms with E-state index < -0.39 is 11.9 Å². The van der Waals surface area contributed by atoms with Crippen LogP contribution in [0.2, 0.25) is 0 Å². The molecule has 0 unspecified atom stereocenters. The van der Waals surface area contributed by atoms with Crippen molar-refractivity contribution in [1.82, 2.24) is 25.0 Å². The minimum Gasteiger partial charge on any atom is -0.484 e. The van der Waals surface area contributed by atoms with Gasteiger partial charge in [0.15, 0.2) is 12.3 Å². The third-order valence-electron chi connectivity index (χ3n) is 5.95. The van der Waals surface area contributed by atoms with Crippen molar-refractivity contribution in [3.05, 3.63) is 85.1 Å². The molecule has 0 saturated heterocycles. The fraction of sp³-hybridized carbons (Fsp3) is 0.233. The van der Waals surface area contributed by atoms with Crippen molar-refractivity contribution >= 4 is 28.9 Å². The Morgan fingerprint density at radius 2 is 1.59 bits per heavy atom. The van der Waals surface area contributed by atoms with Crippen LogP contribution < -0.4 is 10.1 Å². The first-order valence-electron chi connectivity index (χ1n) is 13.1. The lowest BCUT2D eigenvalue weighted by atomic mass is 10.1. The largest absolute Gasteiger partial charge is 0.484 e. The minimum absolute atomic E-state index is 0.00686. The van der Waals surface area contributed by atoms with Gasteiger partial charge in [-0.2, -0.15) is 5.10 Å². The molecular weight excluding hydrogens is 526 g/mol. The van der Waals surface area contributed by atoms with Crippen LogP contribution in [0, 0.1) is 0 Å². The molecule has 2 aromatic carbocycles. The number of fused-ring (bicyclic) bond motifs is 1. The number of hydrogen-bond acceptors (Lipinski definition) is 7. The number of likely N-dealkylation sites (N-methyl/N-ethyl adjacent to an activating group) is 1. The highest BCUT2D eigenvalue weighted by molar-refractivity contribution is 5.92. The van der Waals surface area contributed by atoms with E-state index in [1.165, 1.54) is 0 Å². The van der Waals surface area contributed by atoms with Gasteiger partial charge in [0, 0.05) is 42.4 Å². The number of amides is 1. The van der Waals surface area contributed by atoms with Gasteiger partial charge in [-0.3, -0.25) is 4.79 Å². The number of carboxylic acids is 2. The molecule has 0 saturated carbocycles. The van der Waals surface area contributed by atoms with Crippen LogP contribution in [0.3, 0.4) is 0 Å². The molecule has 214 valence electrons. The normalized spacial score (nSPS) is 10.8. The molecule has 11 nitrogen and oxygen atoms in total. The molecule has 4 aromatic rings. The van der Waals surface area contributed by atoms with Gasteiger partial charge in [0.1, 0.15) is 11.4 Å². The second-order valence-electron chi connectivity index (χ2n) is 8.67. The summed E-state index contributed by atoms with van der Waals surface area (Å²) in [4.78, 5) is 38.0. The minimum atomic E-state index is -1.26. The Morgan fingerprint density at radius 1 is 0.927 bits per heavy atom. The molecule has 2 aromatic heterocycles. The molecule has 2 heterocycles. The summed E-state index contributed by atoms with van der Waals surface area (Å²) in [6, 6.07) is 21.5. The number of nitrogens with one attached hydrogen (secondary N) is 1. The number of carbonyl (C=O) groups is 3. The third-order valence-corrected chi connectivity index (χ3v) is 5.95. The lowest BCUT2D eigenvalue weighted by molar-refractivity contribution is -0.134. The van der Waals surface area contributed by atoms with Crippen molar-refractivity contribution < 1.29 is 29.3 Å². The Kier molecular flexibility index (Phi) is 11.6. The van der Waals surface area contributed by atoms with E-state index in [2.05, 4.69) is 29.0 Å². The summed E-state index contributed by atoms with van der Waals surface area (Å²) < 4.78 is 7.53. The maximum atomic E-state index is 12.1. The summed E-state index contributed by atoms with van der Waals surface area (Å²) in [6.45, 7) is 7.63. The lowest BCUT2D eigenvalue weighted by Gasteiger charge is -2.17. The number of hydrogen-bond donors (Lipinski definition) is 3. The molecule has 0 atom stereocenters. The van der Waals surface area contributed by atoms with Crippen molar-refractivity contribution in [2.75, 3.05) is 32.8 Å². The number of nitrogens with zero attached hydrogens (tertiary/aromatic N) is 4. The highest BCUT2D eigenvalue weighted by atomic mass is 16.5. The topological polar surface area (TPSA) is 147 Å². The molecule has 0 bridgehead atoms. The van der Waals surface area contributed by atoms with E-state index in [9.17, 15) is 14.4 Å². The van der Waals surface area contributed by atoms with Crippen LogP contribution in [0.5, 0.6) is 5.75 Å². The maximum absolute atomic E-state index is 12.1. The number of rotatable bonds is 12. The van der Waals surface area contributed by atoms with Gasteiger partial charge in [-0.15, -0.1) is 0 Å². The summed E-state index contributed by atoms with van der Waals surface area (Å²) >= 11 is 0. The summed E-state index contributed by atoms with van der Waals surface area (Å²) in [5.41, 5.74) is 3.57. The van der Waals surface area contributed by atoms with Crippen molar-refractivity contribution in [1.29, 1.82) is 0 Å². The SMILES string of the molecule is CCN(CC)CCNC(=O)COc1ccc(-c2nn(-c3ccccc3)c3ncccc23)cc1.O=C(O)/C=C/C(=O)O. The van der Waals surface area contributed by atoms with E-state index in [1.54, 1.807) is 6.20 Å². The van der Waals surface area contributed by atoms with Gasteiger partial charge in [-0.1, -0.05) is 32.0 Å². The molecular formula is C30H33N5O6. The molecule has 0 spiro atoms. The van der Waals surface area contributed by atoms with Crippen molar-refractivity contribution in [3.8, 4) is 22.7 Å². The fourth-order valence-corrected chi connectivity index (χ4v) is 3.86. The molecule has 1 amide bonds. The second-order valence-corrected chi connectivity index (χ2v) is 8.67. The van der Waals surface area contributed by atoms with E-state index >= 15 is 0 Å². The standard InChI is InChI=1S/C26H29N5O2.C4H4O4/c1-3-30(4-2)18-17-27-24(32)19-33-22-14-12-20(13-15-22)25-23-11-8-16-28-26(23)31(29-25)21-9-6-5-7-10-21;5-3(6)1-2-4(7)8/h5-16H,3-4,17-19H2,1-2H3,(H,27,32);1-2H,(H,5,6)(H,7,8)/b;2-1+. The molecule has 4 rings (SSSR count). The Balaban J connectivity index is 0.000000507. The zero-order valence-electron chi connectivity index (χ0n) is 22.9. The Labute approximate surface area is 237 Å². The van der Waals surface area contributed by atoms with E-state index in [0.29, 0.717) is 24.4 Å². The van der Waals surface area contributed by atoms with Gasteiger partial charge < -0.3 is 25.2 Å². The summed E-state index contributed by atoms with van der Waals surface area (Å²) in [7, 11) is 0. The van der Waals surface area contributed by atoms with Crippen molar-refractivity contribution in [3.63, 3.8) is 0 Å². The number of ether oxygens (including phenoxy) is 1. The summed E-state index contributed by atoms with van der Waals surface area (Å²) in [5.74, 6) is -1.99. The molecule has 0 radical (unpaired) electrons. The first kappa shape index (κ1) is 30.5. The Hall–Kier alpha value is -5.03. The van der Waals surface area contributed by atoms with Crippen LogP contribution in [0.4, 0.5) is 0 Å². The average molecular weight is 560 g/mol. The number of aliphatic carboxylic acids is 2. The van der Waals surface area contributed by atoms with Gasteiger partial charge in [0.2, 0.25) is 0 Å². The maximum Gasteiger partial charge on any atom is 0.328 e. The molecule has 0 fully saturated rings. The number of carboxylic acid groups (broad SMARTS) is 2. The van der Waals surface area contributed by atoms with Gasteiger partial charge in [-0.05, 0) is 61.6 Å². The highest BCUT2D eigenvalue weighted by Gasteiger charge is 2.14. The molecule has 0 aliphatic carbocycles. The van der Waals surface area contributed by atoms with Crippen molar-refractivity contribution in [2.45, 2.75) is 13.8 Å². The van der Waals surface area contributed by atoms with Crippen LogP contribution in [-0.4, -0.2) is 80.5 Å². The molecule has 11 heteroatoms.